The smallest absolute Gasteiger partial charge is 0.228 e. The minimum Gasteiger partial charge on any atom is -0.490 e. The molecular formula is C17H14ClNO2. The fraction of sp³-hybridized carbons (Fsp3) is 0.235. The van der Waals surface area contributed by atoms with E-state index < -0.39 is 0 Å². The predicted octanol–water partition coefficient (Wildman–Crippen LogP) is 3.60. The molecule has 0 saturated heterocycles. The topological polar surface area (TPSA) is 29.5 Å². The predicted molar refractivity (Wildman–Crippen MR) is 82.2 cm³/mol. The first-order valence-electron chi connectivity index (χ1n) is 7.05. The third-order valence-corrected chi connectivity index (χ3v) is 4.41. The molecule has 4 heteroatoms. The molecule has 0 radical (unpaired) electrons. The fourth-order valence-electron chi connectivity index (χ4n) is 3.25. The summed E-state index contributed by atoms with van der Waals surface area (Å²) in [4.78, 5) is 14.3. The van der Waals surface area contributed by atoms with Gasteiger partial charge in [-0.15, -0.1) is 0 Å². The lowest BCUT2D eigenvalue weighted by Crippen LogP contribution is -2.42. The number of hydrogen-bond donors (Lipinski definition) is 0. The van der Waals surface area contributed by atoms with Gasteiger partial charge >= 0.3 is 0 Å². The summed E-state index contributed by atoms with van der Waals surface area (Å²) in [5.74, 6) is 1.01. The van der Waals surface area contributed by atoms with Crippen LogP contribution in [0.3, 0.4) is 0 Å². The quantitative estimate of drug-likeness (QED) is 0.805. The van der Waals surface area contributed by atoms with Crippen LogP contribution in [0, 0.1) is 0 Å². The molecule has 2 aromatic carbocycles. The van der Waals surface area contributed by atoms with Crippen LogP contribution < -0.4 is 9.64 Å². The van der Waals surface area contributed by atoms with E-state index in [9.17, 15) is 4.79 Å². The molecule has 1 atom stereocenters. The van der Waals surface area contributed by atoms with Crippen LogP contribution in [0.1, 0.15) is 23.5 Å². The number of hydrogen-bond acceptors (Lipinski definition) is 2. The summed E-state index contributed by atoms with van der Waals surface area (Å²) < 4.78 is 5.71. The molecule has 0 N–H and O–H groups in total. The van der Waals surface area contributed by atoms with Crippen molar-refractivity contribution in [2.45, 2.75) is 12.3 Å². The third kappa shape index (κ3) is 2.00. The lowest BCUT2D eigenvalue weighted by Gasteiger charge is -2.38. The van der Waals surface area contributed by atoms with Crippen LogP contribution in [0.15, 0.2) is 42.5 Å². The molecule has 3 nitrogen and oxygen atoms in total. The van der Waals surface area contributed by atoms with Crippen molar-refractivity contribution in [3.8, 4) is 5.75 Å². The first kappa shape index (κ1) is 12.7. The lowest BCUT2D eigenvalue weighted by molar-refractivity contribution is -0.119. The minimum absolute atomic E-state index is 0.0455. The van der Waals surface area contributed by atoms with Gasteiger partial charge in [0.05, 0.1) is 12.2 Å². The van der Waals surface area contributed by atoms with Gasteiger partial charge in [-0.3, -0.25) is 4.79 Å². The van der Waals surface area contributed by atoms with Crippen molar-refractivity contribution in [2.24, 2.45) is 0 Å². The maximum Gasteiger partial charge on any atom is 0.228 e. The van der Waals surface area contributed by atoms with E-state index in [1.165, 1.54) is 0 Å². The number of ether oxygens (including phenoxy) is 1. The van der Waals surface area contributed by atoms with Crippen LogP contribution in [0.5, 0.6) is 5.75 Å². The van der Waals surface area contributed by atoms with E-state index >= 15 is 0 Å². The normalized spacial score (nSPS) is 20.0. The third-order valence-electron chi connectivity index (χ3n) is 4.18. The van der Waals surface area contributed by atoms with Crippen LogP contribution >= 0.6 is 11.6 Å². The van der Waals surface area contributed by atoms with E-state index in [1.807, 2.05) is 41.3 Å². The SMILES string of the molecule is O=C1CC(c2cccc(Cl)c2)c2cccc3c2N1CCO3. The Bertz CT molecular complexity index is 728. The molecule has 0 aromatic heterocycles. The monoisotopic (exact) mass is 299 g/mol. The molecule has 0 spiro atoms. The van der Waals surface area contributed by atoms with Crippen molar-refractivity contribution in [1.29, 1.82) is 0 Å². The average molecular weight is 300 g/mol. The highest BCUT2D eigenvalue weighted by Crippen LogP contribution is 2.46. The Kier molecular flexibility index (Phi) is 2.89. The second-order valence-corrected chi connectivity index (χ2v) is 5.84. The molecule has 2 aromatic rings. The van der Waals surface area contributed by atoms with Crippen LogP contribution in [0.4, 0.5) is 5.69 Å². The number of benzene rings is 2. The van der Waals surface area contributed by atoms with Crippen molar-refractivity contribution in [1.82, 2.24) is 0 Å². The van der Waals surface area contributed by atoms with E-state index in [0.29, 0.717) is 24.6 Å². The Morgan fingerprint density at radius 1 is 1.19 bits per heavy atom. The van der Waals surface area contributed by atoms with Crippen LogP contribution in [-0.2, 0) is 4.79 Å². The van der Waals surface area contributed by atoms with Gasteiger partial charge in [0.25, 0.3) is 0 Å². The van der Waals surface area contributed by atoms with E-state index in [4.69, 9.17) is 16.3 Å². The minimum atomic E-state index is 0.0455. The molecule has 1 unspecified atom stereocenters. The number of carbonyl (C=O) groups excluding carboxylic acids is 1. The van der Waals surface area contributed by atoms with Gasteiger partial charge in [-0.25, -0.2) is 0 Å². The summed E-state index contributed by atoms with van der Waals surface area (Å²) in [6, 6.07) is 13.8. The Morgan fingerprint density at radius 2 is 2.05 bits per heavy atom. The van der Waals surface area contributed by atoms with E-state index in [0.717, 1.165) is 22.6 Å². The fourth-order valence-corrected chi connectivity index (χ4v) is 3.45. The van der Waals surface area contributed by atoms with Crippen molar-refractivity contribution in [3.63, 3.8) is 0 Å². The number of amides is 1. The average Bonchev–Trinajstić information content (AvgIpc) is 2.51. The van der Waals surface area contributed by atoms with E-state index in [1.54, 1.807) is 0 Å². The number of anilines is 1. The van der Waals surface area contributed by atoms with Crippen molar-refractivity contribution in [2.75, 3.05) is 18.1 Å². The number of carbonyl (C=O) groups is 1. The van der Waals surface area contributed by atoms with Gasteiger partial charge < -0.3 is 9.64 Å². The largest absolute Gasteiger partial charge is 0.490 e. The Labute approximate surface area is 128 Å². The Morgan fingerprint density at radius 3 is 2.90 bits per heavy atom. The number of rotatable bonds is 1. The first-order valence-corrected chi connectivity index (χ1v) is 7.43. The van der Waals surface area contributed by atoms with Gasteiger partial charge in [0.1, 0.15) is 12.4 Å². The molecule has 106 valence electrons. The van der Waals surface area contributed by atoms with Gasteiger partial charge in [0.15, 0.2) is 0 Å². The summed E-state index contributed by atoms with van der Waals surface area (Å²) in [6.45, 7) is 1.19. The highest BCUT2D eigenvalue weighted by atomic mass is 35.5. The van der Waals surface area contributed by atoms with Crippen LogP contribution in [0.25, 0.3) is 0 Å². The van der Waals surface area contributed by atoms with Crippen LogP contribution in [-0.4, -0.2) is 19.1 Å². The first-order chi connectivity index (χ1) is 10.2. The molecule has 2 aliphatic rings. The van der Waals surface area contributed by atoms with Crippen molar-refractivity contribution >= 4 is 23.2 Å². The summed E-state index contributed by atoms with van der Waals surface area (Å²) in [6.07, 6.45) is 0.483. The zero-order valence-corrected chi connectivity index (χ0v) is 12.1. The highest BCUT2D eigenvalue weighted by Gasteiger charge is 2.36. The van der Waals surface area contributed by atoms with Crippen molar-refractivity contribution in [3.05, 3.63) is 58.6 Å². The second-order valence-electron chi connectivity index (χ2n) is 5.40. The summed E-state index contributed by atoms with van der Waals surface area (Å²) in [5.41, 5.74) is 3.16. The summed E-state index contributed by atoms with van der Waals surface area (Å²) in [7, 11) is 0. The van der Waals surface area contributed by atoms with Crippen molar-refractivity contribution < 1.29 is 9.53 Å². The molecule has 2 aliphatic heterocycles. The molecule has 21 heavy (non-hydrogen) atoms. The molecule has 0 aliphatic carbocycles. The van der Waals surface area contributed by atoms with Gasteiger partial charge in [-0.2, -0.15) is 0 Å². The number of para-hydroxylation sites is 1. The molecule has 2 heterocycles. The Hall–Kier alpha value is -2.00. The maximum absolute atomic E-state index is 12.5. The summed E-state index contributed by atoms with van der Waals surface area (Å²) >= 11 is 6.11. The zero-order valence-electron chi connectivity index (χ0n) is 11.4. The molecule has 1 amide bonds. The van der Waals surface area contributed by atoms with E-state index in [-0.39, 0.29) is 11.8 Å². The molecular weight excluding hydrogens is 286 g/mol. The van der Waals surface area contributed by atoms with Gasteiger partial charge in [-0.05, 0) is 29.3 Å². The zero-order chi connectivity index (χ0) is 14.4. The van der Waals surface area contributed by atoms with Gasteiger partial charge in [-0.1, -0.05) is 35.9 Å². The molecule has 4 rings (SSSR count). The molecule has 0 fully saturated rings. The molecule has 0 saturated carbocycles. The van der Waals surface area contributed by atoms with Gasteiger partial charge in [0, 0.05) is 17.4 Å². The molecule has 0 bridgehead atoms. The highest BCUT2D eigenvalue weighted by molar-refractivity contribution is 6.30. The van der Waals surface area contributed by atoms with Crippen LogP contribution in [0.2, 0.25) is 5.02 Å². The Balaban J connectivity index is 1.89. The lowest BCUT2D eigenvalue weighted by atomic mass is 9.83. The standard InChI is InChI=1S/C17H14ClNO2/c18-12-4-1-3-11(9-12)14-10-16(20)19-7-8-21-15-6-2-5-13(14)17(15)19/h1-6,9,14H,7-8,10H2. The number of nitrogens with zero attached hydrogens (tertiary/aromatic N) is 1. The number of halogens is 1. The van der Waals surface area contributed by atoms with Gasteiger partial charge in [0.2, 0.25) is 5.91 Å². The van der Waals surface area contributed by atoms with E-state index in [2.05, 4.69) is 6.07 Å². The maximum atomic E-state index is 12.5. The second kappa shape index (κ2) is 4.78. The summed E-state index contributed by atoms with van der Waals surface area (Å²) in [5, 5.41) is 0.698.